The molecule has 2 aromatic rings. The number of aromatic nitrogens is 2. The van der Waals surface area contributed by atoms with Gasteiger partial charge < -0.3 is 19.9 Å². The molecule has 0 spiro atoms. The largest absolute Gasteiger partial charge is 0.378 e. The van der Waals surface area contributed by atoms with Gasteiger partial charge in [0.2, 0.25) is 5.95 Å². The standard InChI is InChI=1S/C28H35FN6O2.H2/c1-6-8-21(7-2)27(36)32-25-13-23(22-15-30-28(31-16-22)34-9-11-37-12-10-34)24(29)14-26(25)35-17-19(3)33(5)20(4)18-35;/h6-8,13-16,19-20H,1-2,9-12,17-18H2,3-5H3,(H,32,36);1H/b21-8+;/t19-,20+;. The van der Waals surface area contributed by atoms with Gasteiger partial charge in [0, 0.05) is 68.8 Å². The Morgan fingerprint density at radius 2 is 1.78 bits per heavy atom. The Balaban J connectivity index is 0.00000400. The van der Waals surface area contributed by atoms with Gasteiger partial charge in [-0.25, -0.2) is 14.4 Å². The number of likely N-dealkylation sites (N-methyl/N-ethyl adjacent to an activating group) is 1. The second-order valence-corrected chi connectivity index (χ2v) is 9.50. The summed E-state index contributed by atoms with van der Waals surface area (Å²) < 4.78 is 21.0. The Morgan fingerprint density at radius 1 is 1.14 bits per heavy atom. The van der Waals surface area contributed by atoms with Crippen molar-refractivity contribution in [3.8, 4) is 11.1 Å². The lowest BCUT2D eigenvalue weighted by atomic mass is 10.0. The van der Waals surface area contributed by atoms with Gasteiger partial charge in [0.1, 0.15) is 5.82 Å². The van der Waals surface area contributed by atoms with E-state index in [1.165, 1.54) is 18.2 Å². The number of benzene rings is 1. The van der Waals surface area contributed by atoms with Crippen LogP contribution in [0.1, 0.15) is 15.3 Å². The van der Waals surface area contributed by atoms with Crippen LogP contribution < -0.4 is 15.1 Å². The molecule has 0 bridgehead atoms. The Hall–Kier alpha value is -3.56. The molecular formula is C28H37FN6O2. The molecule has 1 N–H and O–H groups in total. The van der Waals surface area contributed by atoms with Crippen LogP contribution in [-0.2, 0) is 9.53 Å². The zero-order chi connectivity index (χ0) is 26.5. The third-order valence-corrected chi connectivity index (χ3v) is 7.06. The van der Waals surface area contributed by atoms with Crippen LogP contribution in [0.15, 0.2) is 61.5 Å². The Labute approximate surface area is 219 Å². The van der Waals surface area contributed by atoms with Crippen LogP contribution in [0.3, 0.4) is 0 Å². The van der Waals surface area contributed by atoms with Gasteiger partial charge in [0.15, 0.2) is 0 Å². The van der Waals surface area contributed by atoms with Crippen molar-refractivity contribution in [1.29, 1.82) is 0 Å². The van der Waals surface area contributed by atoms with Crippen LogP contribution in [0, 0.1) is 5.82 Å². The van der Waals surface area contributed by atoms with Crippen LogP contribution in [0.4, 0.5) is 21.7 Å². The summed E-state index contributed by atoms with van der Waals surface area (Å²) >= 11 is 0. The lowest BCUT2D eigenvalue weighted by Gasteiger charge is -2.44. The predicted octanol–water partition coefficient (Wildman–Crippen LogP) is 4.13. The Kier molecular flexibility index (Phi) is 8.35. The molecule has 198 valence electrons. The highest BCUT2D eigenvalue weighted by molar-refractivity contribution is 6.07. The third kappa shape index (κ3) is 5.89. The van der Waals surface area contributed by atoms with E-state index in [0.29, 0.717) is 73.4 Å². The van der Waals surface area contributed by atoms with Gasteiger partial charge in [-0.05, 0) is 33.0 Å². The number of hydrogen-bond donors (Lipinski definition) is 1. The average molecular weight is 509 g/mol. The minimum Gasteiger partial charge on any atom is -0.378 e. The van der Waals surface area contributed by atoms with Crippen LogP contribution >= 0.6 is 0 Å². The Morgan fingerprint density at radius 3 is 2.38 bits per heavy atom. The van der Waals surface area contributed by atoms with Gasteiger partial charge in [-0.1, -0.05) is 31.4 Å². The van der Waals surface area contributed by atoms with Gasteiger partial charge >= 0.3 is 0 Å². The first-order valence-electron chi connectivity index (χ1n) is 12.5. The summed E-state index contributed by atoms with van der Waals surface area (Å²) in [4.78, 5) is 28.5. The Bertz CT molecular complexity index is 1170. The molecule has 0 radical (unpaired) electrons. The van der Waals surface area contributed by atoms with Gasteiger partial charge in [-0.15, -0.1) is 0 Å². The molecule has 1 aromatic carbocycles. The number of rotatable bonds is 7. The highest BCUT2D eigenvalue weighted by atomic mass is 19.1. The number of carbonyl (C=O) groups is 1. The molecule has 2 aliphatic rings. The first-order valence-corrected chi connectivity index (χ1v) is 12.5. The number of ether oxygens (including phenoxy) is 1. The SMILES string of the molecule is C=C/C=C(\C=C)C(=O)Nc1cc(-c2cnc(N3CCOCC3)nc2)c(F)cc1N1C[C@@H](C)N(C)[C@@H](C)C1.[HH]. The van der Waals surface area contributed by atoms with E-state index >= 15 is 4.39 Å². The van der Waals surface area contributed by atoms with Gasteiger partial charge in [0.05, 0.1) is 24.6 Å². The molecule has 2 fully saturated rings. The molecule has 2 aliphatic heterocycles. The number of amides is 1. The van der Waals surface area contributed by atoms with E-state index in [2.05, 4.69) is 59.1 Å². The molecule has 0 saturated carbocycles. The predicted molar refractivity (Wildman–Crippen MR) is 149 cm³/mol. The molecule has 8 nitrogen and oxygen atoms in total. The van der Waals surface area contributed by atoms with Crippen molar-refractivity contribution >= 4 is 23.2 Å². The number of morpholine rings is 1. The maximum Gasteiger partial charge on any atom is 0.255 e. The van der Waals surface area contributed by atoms with Crippen LogP contribution in [0.5, 0.6) is 0 Å². The maximum atomic E-state index is 15.6. The highest BCUT2D eigenvalue weighted by Gasteiger charge is 2.29. The van der Waals surface area contributed by atoms with E-state index in [4.69, 9.17) is 4.74 Å². The number of piperazine rings is 1. The van der Waals surface area contributed by atoms with E-state index in [1.807, 2.05) is 4.90 Å². The fourth-order valence-electron chi connectivity index (χ4n) is 4.69. The number of carbonyl (C=O) groups excluding carboxylic acids is 1. The van der Waals surface area contributed by atoms with Gasteiger partial charge in [-0.3, -0.25) is 9.69 Å². The maximum absolute atomic E-state index is 15.6. The monoisotopic (exact) mass is 508 g/mol. The summed E-state index contributed by atoms with van der Waals surface area (Å²) in [5.41, 5.74) is 2.36. The number of allylic oxidation sites excluding steroid dienone is 2. The molecule has 37 heavy (non-hydrogen) atoms. The number of halogens is 1. The van der Waals surface area contributed by atoms with Crippen LogP contribution in [0.25, 0.3) is 11.1 Å². The zero-order valence-electron chi connectivity index (χ0n) is 21.8. The third-order valence-electron chi connectivity index (χ3n) is 7.06. The first-order chi connectivity index (χ1) is 17.8. The van der Waals surface area contributed by atoms with Crippen LogP contribution in [0.2, 0.25) is 0 Å². The fourth-order valence-corrected chi connectivity index (χ4v) is 4.69. The molecule has 1 aromatic heterocycles. The average Bonchev–Trinajstić information content (AvgIpc) is 2.91. The number of hydrogen-bond acceptors (Lipinski definition) is 7. The van der Waals surface area contributed by atoms with Gasteiger partial charge in [-0.2, -0.15) is 0 Å². The van der Waals surface area contributed by atoms with Crippen molar-refractivity contribution in [3.05, 3.63) is 67.3 Å². The van der Waals surface area contributed by atoms with Crippen LogP contribution in [-0.4, -0.2) is 79.3 Å². The molecule has 9 heteroatoms. The smallest absolute Gasteiger partial charge is 0.255 e. The van der Waals surface area contributed by atoms with Crippen molar-refractivity contribution in [2.75, 3.05) is 61.6 Å². The van der Waals surface area contributed by atoms with E-state index in [-0.39, 0.29) is 19.4 Å². The normalized spacial score (nSPS) is 21.0. The van der Waals surface area contributed by atoms with Crippen molar-refractivity contribution < 1.29 is 15.3 Å². The van der Waals surface area contributed by atoms with Crippen molar-refractivity contribution in [1.82, 2.24) is 14.9 Å². The first kappa shape index (κ1) is 26.5. The summed E-state index contributed by atoms with van der Waals surface area (Å²) in [6.07, 6.45) is 7.83. The minimum absolute atomic E-state index is 0. The molecule has 0 aliphatic carbocycles. The highest BCUT2D eigenvalue weighted by Crippen LogP contribution is 2.36. The fraction of sp³-hybridized carbons (Fsp3) is 0.393. The second kappa shape index (κ2) is 11.7. The van der Waals surface area contributed by atoms with E-state index in [1.54, 1.807) is 24.5 Å². The van der Waals surface area contributed by atoms with Gasteiger partial charge in [0.25, 0.3) is 5.91 Å². The second-order valence-electron chi connectivity index (χ2n) is 9.50. The molecule has 4 rings (SSSR count). The number of nitrogens with one attached hydrogen (secondary N) is 1. The van der Waals surface area contributed by atoms with Crippen molar-refractivity contribution in [2.45, 2.75) is 25.9 Å². The van der Waals surface area contributed by atoms with Crippen molar-refractivity contribution in [2.24, 2.45) is 0 Å². The van der Waals surface area contributed by atoms with E-state index in [0.717, 1.165) is 0 Å². The molecule has 0 unspecified atom stereocenters. The minimum atomic E-state index is -0.402. The number of anilines is 3. The molecule has 3 heterocycles. The summed E-state index contributed by atoms with van der Waals surface area (Å²) in [7, 11) is 2.09. The summed E-state index contributed by atoms with van der Waals surface area (Å²) in [6.45, 7) is 15.8. The van der Waals surface area contributed by atoms with Crippen molar-refractivity contribution in [3.63, 3.8) is 0 Å². The summed E-state index contributed by atoms with van der Waals surface area (Å²) in [5, 5.41) is 2.97. The summed E-state index contributed by atoms with van der Waals surface area (Å²) in [5.74, 6) is -0.161. The molecule has 1 amide bonds. The summed E-state index contributed by atoms with van der Waals surface area (Å²) in [6, 6.07) is 3.69. The molecular weight excluding hydrogens is 471 g/mol. The quantitative estimate of drug-likeness (QED) is 0.445. The van der Waals surface area contributed by atoms with E-state index < -0.39 is 5.82 Å². The lowest BCUT2D eigenvalue weighted by molar-refractivity contribution is -0.112. The number of nitrogens with zero attached hydrogens (tertiary/aromatic N) is 5. The topological polar surface area (TPSA) is 73.8 Å². The van der Waals surface area contributed by atoms with E-state index in [9.17, 15) is 4.79 Å². The zero-order valence-corrected chi connectivity index (χ0v) is 21.8. The lowest BCUT2D eigenvalue weighted by Crippen LogP contribution is -2.55. The molecule has 2 atom stereocenters. The molecule has 2 saturated heterocycles.